The van der Waals surface area contributed by atoms with Crippen molar-refractivity contribution in [2.45, 2.75) is 19.8 Å². The van der Waals surface area contributed by atoms with Crippen molar-refractivity contribution in [3.63, 3.8) is 0 Å². The molecule has 3 aromatic rings. The van der Waals surface area contributed by atoms with Crippen molar-refractivity contribution in [3.8, 4) is 11.5 Å². The number of hydrogen-bond acceptors (Lipinski definition) is 5. The Hall–Kier alpha value is -2.60. The molecule has 1 aliphatic rings. The van der Waals surface area contributed by atoms with Gasteiger partial charge >= 0.3 is 5.97 Å². The largest absolute Gasteiger partial charge is 0.466 e. The number of esters is 1. The van der Waals surface area contributed by atoms with Gasteiger partial charge in [0.25, 0.3) is 0 Å². The van der Waals surface area contributed by atoms with Crippen LogP contribution in [0.3, 0.4) is 0 Å². The van der Waals surface area contributed by atoms with E-state index in [1.807, 2.05) is 36.4 Å². The first-order valence-electron chi connectivity index (χ1n) is 10.5. The predicted molar refractivity (Wildman–Crippen MR) is 131 cm³/mol. The summed E-state index contributed by atoms with van der Waals surface area (Å²) in [6.45, 7) is 2.28. The zero-order chi connectivity index (χ0) is 23.4. The van der Waals surface area contributed by atoms with Gasteiger partial charge in [-0.2, -0.15) is 0 Å². The standard InChI is InChI=1S/C25H22Cl3NO4/c1-2-31-25(30)17(10-16-11-23-24(13-21(16)27)33-14-32-23)9-15-3-5-18(6-4-15)29-19-7-8-20(26)22(28)12-19/h3-8,11-13,17,29H,2,9-10,14H2,1H3. The third-order valence-corrected chi connectivity index (χ3v) is 6.36. The number of anilines is 2. The molecule has 33 heavy (non-hydrogen) atoms. The average molecular weight is 507 g/mol. The Bertz CT molecular complexity index is 1150. The minimum atomic E-state index is -0.392. The number of fused-ring (bicyclic) bond motifs is 1. The van der Waals surface area contributed by atoms with Gasteiger partial charge in [0, 0.05) is 22.5 Å². The van der Waals surface area contributed by atoms with Crippen LogP contribution in [0.4, 0.5) is 11.4 Å². The van der Waals surface area contributed by atoms with E-state index in [9.17, 15) is 4.79 Å². The maximum absolute atomic E-state index is 12.7. The summed E-state index contributed by atoms with van der Waals surface area (Å²) in [5.41, 5.74) is 3.55. The minimum Gasteiger partial charge on any atom is -0.466 e. The lowest BCUT2D eigenvalue weighted by Crippen LogP contribution is -2.22. The summed E-state index contributed by atoms with van der Waals surface area (Å²) in [7, 11) is 0. The zero-order valence-corrected chi connectivity index (χ0v) is 20.1. The molecule has 0 fully saturated rings. The number of rotatable bonds is 8. The quantitative estimate of drug-likeness (QED) is 0.331. The first kappa shape index (κ1) is 23.6. The van der Waals surface area contributed by atoms with Crippen molar-refractivity contribution in [2.75, 3.05) is 18.7 Å². The summed E-state index contributed by atoms with van der Waals surface area (Å²) < 4.78 is 16.2. The summed E-state index contributed by atoms with van der Waals surface area (Å²) in [4.78, 5) is 12.7. The predicted octanol–water partition coefficient (Wildman–Crippen LogP) is 7.08. The van der Waals surface area contributed by atoms with E-state index in [4.69, 9.17) is 49.0 Å². The summed E-state index contributed by atoms with van der Waals surface area (Å²) in [6, 6.07) is 16.8. The molecule has 172 valence electrons. The topological polar surface area (TPSA) is 56.8 Å². The van der Waals surface area contributed by atoms with Crippen molar-refractivity contribution < 1.29 is 19.0 Å². The van der Waals surface area contributed by atoms with Gasteiger partial charge in [-0.25, -0.2) is 0 Å². The van der Waals surface area contributed by atoms with E-state index in [0.717, 1.165) is 22.5 Å². The Morgan fingerprint density at radius 1 is 0.909 bits per heavy atom. The van der Waals surface area contributed by atoms with Gasteiger partial charge < -0.3 is 19.5 Å². The number of benzene rings is 3. The molecule has 0 aromatic heterocycles. The van der Waals surface area contributed by atoms with Gasteiger partial charge in [-0.15, -0.1) is 0 Å². The molecule has 1 atom stereocenters. The number of carbonyl (C=O) groups excluding carboxylic acids is 1. The van der Waals surface area contributed by atoms with Crippen molar-refractivity contribution in [1.82, 2.24) is 0 Å². The van der Waals surface area contributed by atoms with Crippen LogP contribution in [-0.4, -0.2) is 19.4 Å². The third-order valence-electron chi connectivity index (χ3n) is 5.27. The first-order valence-corrected chi connectivity index (χ1v) is 11.6. The second-order valence-electron chi connectivity index (χ2n) is 7.60. The van der Waals surface area contributed by atoms with Gasteiger partial charge in [0.15, 0.2) is 11.5 Å². The Balaban J connectivity index is 1.48. The molecule has 0 radical (unpaired) electrons. The van der Waals surface area contributed by atoms with Crippen LogP contribution < -0.4 is 14.8 Å². The highest BCUT2D eigenvalue weighted by Gasteiger charge is 2.24. The van der Waals surface area contributed by atoms with Crippen LogP contribution in [0.15, 0.2) is 54.6 Å². The van der Waals surface area contributed by atoms with Crippen LogP contribution in [0.25, 0.3) is 0 Å². The summed E-state index contributed by atoms with van der Waals surface area (Å²) in [5, 5.41) is 4.81. The Kier molecular flexibility index (Phi) is 7.53. The zero-order valence-electron chi connectivity index (χ0n) is 17.9. The number of ether oxygens (including phenoxy) is 3. The normalized spacial score (nSPS) is 13.0. The lowest BCUT2D eigenvalue weighted by atomic mass is 9.92. The molecular formula is C25H22Cl3NO4. The number of halogens is 3. The smallest absolute Gasteiger partial charge is 0.309 e. The average Bonchev–Trinajstić information content (AvgIpc) is 3.24. The number of carbonyl (C=O) groups is 1. The van der Waals surface area contributed by atoms with Crippen LogP contribution in [0.5, 0.6) is 11.5 Å². The summed E-state index contributed by atoms with van der Waals surface area (Å²) >= 11 is 18.5. The molecule has 1 aliphatic heterocycles. The fraction of sp³-hybridized carbons (Fsp3) is 0.240. The van der Waals surface area contributed by atoms with Crippen molar-refractivity contribution in [3.05, 3.63) is 80.8 Å². The molecule has 1 N–H and O–H groups in total. The Morgan fingerprint density at radius 3 is 2.30 bits per heavy atom. The van der Waals surface area contributed by atoms with E-state index >= 15 is 0 Å². The van der Waals surface area contributed by atoms with E-state index in [1.54, 1.807) is 25.1 Å². The molecule has 1 heterocycles. The second-order valence-corrected chi connectivity index (χ2v) is 8.83. The van der Waals surface area contributed by atoms with Gasteiger partial charge in [-0.3, -0.25) is 4.79 Å². The van der Waals surface area contributed by atoms with E-state index < -0.39 is 5.92 Å². The van der Waals surface area contributed by atoms with Crippen LogP contribution in [0, 0.1) is 5.92 Å². The molecule has 3 aromatic carbocycles. The van der Waals surface area contributed by atoms with E-state index in [2.05, 4.69) is 5.32 Å². The van der Waals surface area contributed by atoms with Crippen LogP contribution in [-0.2, 0) is 22.4 Å². The highest BCUT2D eigenvalue weighted by Crippen LogP contribution is 2.38. The number of nitrogens with one attached hydrogen (secondary N) is 1. The van der Waals surface area contributed by atoms with Gasteiger partial charge in [-0.1, -0.05) is 46.9 Å². The molecule has 0 saturated carbocycles. The summed E-state index contributed by atoms with van der Waals surface area (Å²) in [5.74, 6) is 0.595. The fourth-order valence-corrected chi connectivity index (χ4v) is 4.16. The Labute approximate surface area is 207 Å². The number of hydrogen-bond donors (Lipinski definition) is 1. The second kappa shape index (κ2) is 10.6. The third kappa shape index (κ3) is 5.85. The minimum absolute atomic E-state index is 0.166. The highest BCUT2D eigenvalue weighted by atomic mass is 35.5. The molecule has 0 spiro atoms. The maximum atomic E-state index is 12.7. The Morgan fingerprint density at radius 2 is 1.61 bits per heavy atom. The monoisotopic (exact) mass is 505 g/mol. The SMILES string of the molecule is CCOC(=O)C(Cc1ccc(Nc2ccc(Cl)c(Cl)c2)cc1)Cc1cc2c(cc1Cl)OCO2. The maximum Gasteiger partial charge on any atom is 0.309 e. The van der Waals surface area contributed by atoms with Crippen molar-refractivity contribution >= 4 is 52.1 Å². The summed E-state index contributed by atoms with van der Waals surface area (Å²) in [6.07, 6.45) is 0.939. The molecule has 5 nitrogen and oxygen atoms in total. The van der Waals surface area contributed by atoms with Crippen molar-refractivity contribution in [1.29, 1.82) is 0 Å². The van der Waals surface area contributed by atoms with Gasteiger partial charge in [0.1, 0.15) is 0 Å². The molecule has 0 bridgehead atoms. The van der Waals surface area contributed by atoms with Crippen LogP contribution >= 0.6 is 34.8 Å². The van der Waals surface area contributed by atoms with E-state index in [1.165, 1.54) is 0 Å². The van der Waals surface area contributed by atoms with Gasteiger partial charge in [0.05, 0.1) is 22.6 Å². The fourth-order valence-electron chi connectivity index (χ4n) is 3.63. The lowest BCUT2D eigenvalue weighted by Gasteiger charge is -2.17. The van der Waals surface area contributed by atoms with E-state index in [0.29, 0.717) is 46.0 Å². The molecule has 0 aliphatic carbocycles. The molecule has 0 saturated heterocycles. The molecule has 1 unspecified atom stereocenters. The highest BCUT2D eigenvalue weighted by molar-refractivity contribution is 6.42. The van der Waals surface area contributed by atoms with Gasteiger partial charge in [0.2, 0.25) is 6.79 Å². The van der Waals surface area contributed by atoms with Gasteiger partial charge in [-0.05, 0) is 67.3 Å². The molecule has 8 heteroatoms. The lowest BCUT2D eigenvalue weighted by molar-refractivity contribution is -0.147. The van der Waals surface area contributed by atoms with Crippen molar-refractivity contribution in [2.24, 2.45) is 5.92 Å². The van der Waals surface area contributed by atoms with E-state index in [-0.39, 0.29) is 12.8 Å². The van der Waals surface area contributed by atoms with Crippen LogP contribution in [0.1, 0.15) is 18.1 Å². The van der Waals surface area contributed by atoms with Crippen LogP contribution in [0.2, 0.25) is 15.1 Å². The molecule has 4 rings (SSSR count). The molecular weight excluding hydrogens is 485 g/mol. The molecule has 0 amide bonds. The first-order chi connectivity index (χ1) is 15.9.